The molecule has 3 fully saturated rings. The van der Waals surface area contributed by atoms with Crippen molar-refractivity contribution in [2.75, 3.05) is 32.8 Å². The van der Waals surface area contributed by atoms with Gasteiger partial charge in [0.1, 0.15) is 12.2 Å². The van der Waals surface area contributed by atoms with Crippen LogP contribution >= 0.6 is 0 Å². The fourth-order valence-corrected chi connectivity index (χ4v) is 4.56. The van der Waals surface area contributed by atoms with Crippen molar-refractivity contribution >= 4 is 12.2 Å². The highest BCUT2D eigenvalue weighted by molar-refractivity contribution is 5.71. The Morgan fingerprint density at radius 2 is 1.90 bits per heavy atom. The van der Waals surface area contributed by atoms with Crippen molar-refractivity contribution in [3.63, 3.8) is 0 Å². The molecule has 8 nitrogen and oxygen atoms in total. The Kier molecular flexibility index (Phi) is 5.88. The molecule has 0 spiro atoms. The van der Waals surface area contributed by atoms with Crippen LogP contribution in [0.5, 0.6) is 0 Å². The first-order valence-electron chi connectivity index (χ1n) is 10.6. The molecule has 0 saturated carbocycles. The zero-order chi connectivity index (χ0) is 21.3. The second-order valence-corrected chi connectivity index (χ2v) is 9.21. The largest absolute Gasteiger partial charge is 0.445 e. The first-order valence-corrected chi connectivity index (χ1v) is 10.6. The van der Waals surface area contributed by atoms with E-state index in [1.165, 1.54) is 0 Å². The van der Waals surface area contributed by atoms with Gasteiger partial charge in [-0.1, -0.05) is 30.3 Å². The fourth-order valence-electron chi connectivity index (χ4n) is 4.56. The Morgan fingerprint density at radius 3 is 2.63 bits per heavy atom. The van der Waals surface area contributed by atoms with Gasteiger partial charge in [0, 0.05) is 32.1 Å². The van der Waals surface area contributed by atoms with E-state index in [1.807, 2.05) is 51.1 Å². The maximum atomic E-state index is 13.0. The van der Waals surface area contributed by atoms with E-state index in [-0.39, 0.29) is 42.9 Å². The van der Waals surface area contributed by atoms with Gasteiger partial charge in [0.05, 0.1) is 24.8 Å². The van der Waals surface area contributed by atoms with Gasteiger partial charge >= 0.3 is 12.2 Å². The van der Waals surface area contributed by atoms with E-state index in [0.717, 1.165) is 12.1 Å². The molecule has 3 heterocycles. The van der Waals surface area contributed by atoms with Gasteiger partial charge in [0.2, 0.25) is 0 Å². The van der Waals surface area contributed by atoms with Crippen LogP contribution < -0.4 is 5.32 Å². The number of likely N-dealkylation sites (tertiary alicyclic amines) is 2. The normalized spacial score (nSPS) is 28.5. The van der Waals surface area contributed by atoms with Gasteiger partial charge in [-0.25, -0.2) is 9.59 Å². The van der Waals surface area contributed by atoms with Crippen LogP contribution in [-0.4, -0.2) is 78.6 Å². The summed E-state index contributed by atoms with van der Waals surface area (Å²) in [5, 5.41) is 3.47. The molecule has 8 heteroatoms. The van der Waals surface area contributed by atoms with Crippen LogP contribution in [0.1, 0.15) is 26.3 Å². The van der Waals surface area contributed by atoms with E-state index >= 15 is 0 Å². The molecule has 3 saturated heterocycles. The minimum atomic E-state index is -0.565. The van der Waals surface area contributed by atoms with Crippen LogP contribution in [0.2, 0.25) is 0 Å². The number of carbonyl (C=O) groups excluding carboxylic acids is 2. The number of nitrogens with zero attached hydrogens (tertiary/aromatic N) is 2. The van der Waals surface area contributed by atoms with Crippen molar-refractivity contribution in [2.24, 2.45) is 5.92 Å². The topological polar surface area (TPSA) is 80.3 Å². The van der Waals surface area contributed by atoms with Crippen molar-refractivity contribution in [3.05, 3.63) is 35.9 Å². The molecule has 1 aromatic carbocycles. The average Bonchev–Trinajstić information content (AvgIpc) is 3.17. The molecular weight excluding hydrogens is 386 g/mol. The summed E-state index contributed by atoms with van der Waals surface area (Å²) in [6.45, 7) is 8.60. The molecule has 0 radical (unpaired) electrons. The first kappa shape index (κ1) is 20.9. The summed E-state index contributed by atoms with van der Waals surface area (Å²) in [6, 6.07) is 9.51. The molecule has 0 aliphatic carbocycles. The maximum Gasteiger partial charge on any atom is 0.410 e. The Morgan fingerprint density at radius 1 is 1.13 bits per heavy atom. The van der Waals surface area contributed by atoms with Crippen LogP contribution in [0.25, 0.3) is 0 Å². The standard InChI is InChI=1S/C22H31N3O5/c1-22(2,3)30-20(26)24-11-16-18(13-24)25(12-17-19(16)28-10-9-23-17)21(27)29-14-15-7-5-4-6-8-15/h4-8,16-19,23H,9-14H2,1-3H3/t16-,17+,18+,19+/m0/s1. The fraction of sp³-hybridized carbons (Fsp3) is 0.636. The van der Waals surface area contributed by atoms with Gasteiger partial charge in [-0.15, -0.1) is 0 Å². The van der Waals surface area contributed by atoms with Gasteiger partial charge in [-0.05, 0) is 26.3 Å². The van der Waals surface area contributed by atoms with E-state index in [2.05, 4.69) is 5.32 Å². The Labute approximate surface area is 177 Å². The lowest BCUT2D eigenvalue weighted by atomic mass is 9.85. The highest BCUT2D eigenvalue weighted by atomic mass is 16.6. The number of benzene rings is 1. The van der Waals surface area contributed by atoms with E-state index in [0.29, 0.717) is 26.2 Å². The van der Waals surface area contributed by atoms with Crippen LogP contribution in [-0.2, 0) is 20.8 Å². The molecule has 164 valence electrons. The first-order chi connectivity index (χ1) is 14.3. The van der Waals surface area contributed by atoms with Crippen LogP contribution in [0.15, 0.2) is 30.3 Å². The molecule has 4 rings (SSSR count). The van der Waals surface area contributed by atoms with E-state index in [1.54, 1.807) is 9.80 Å². The Balaban J connectivity index is 1.48. The maximum absolute atomic E-state index is 13.0. The minimum Gasteiger partial charge on any atom is -0.445 e. The van der Waals surface area contributed by atoms with E-state index < -0.39 is 5.60 Å². The van der Waals surface area contributed by atoms with Gasteiger partial charge in [0.25, 0.3) is 0 Å². The molecule has 30 heavy (non-hydrogen) atoms. The van der Waals surface area contributed by atoms with Crippen LogP contribution in [0, 0.1) is 5.92 Å². The Bertz CT molecular complexity index is 766. The summed E-state index contributed by atoms with van der Waals surface area (Å²) in [5.41, 5.74) is 0.378. The third kappa shape index (κ3) is 4.54. The molecular formula is C22H31N3O5. The number of rotatable bonds is 2. The monoisotopic (exact) mass is 417 g/mol. The molecule has 0 aromatic heterocycles. The van der Waals surface area contributed by atoms with Crippen molar-refractivity contribution in [3.8, 4) is 0 Å². The van der Waals surface area contributed by atoms with Gasteiger partial charge in [-0.3, -0.25) is 0 Å². The second-order valence-electron chi connectivity index (χ2n) is 9.21. The molecule has 4 atom stereocenters. The summed E-state index contributed by atoms with van der Waals surface area (Å²) in [7, 11) is 0. The molecule has 0 bridgehead atoms. The van der Waals surface area contributed by atoms with E-state index in [9.17, 15) is 9.59 Å². The quantitative estimate of drug-likeness (QED) is 0.795. The summed E-state index contributed by atoms with van der Waals surface area (Å²) in [6.07, 6.45) is -0.741. The predicted octanol–water partition coefficient (Wildman–Crippen LogP) is 2.23. The summed E-state index contributed by atoms with van der Waals surface area (Å²) < 4.78 is 17.2. The number of piperidine rings is 1. The molecule has 3 aliphatic heterocycles. The number of nitrogens with one attached hydrogen (secondary N) is 1. The molecule has 1 aromatic rings. The lowest BCUT2D eigenvalue weighted by molar-refractivity contribution is -0.0848. The third-order valence-corrected chi connectivity index (χ3v) is 5.86. The molecule has 1 N–H and O–H groups in total. The van der Waals surface area contributed by atoms with Crippen molar-refractivity contribution in [1.82, 2.24) is 15.1 Å². The summed E-state index contributed by atoms with van der Waals surface area (Å²) >= 11 is 0. The number of ether oxygens (including phenoxy) is 3. The lowest BCUT2D eigenvalue weighted by Crippen LogP contribution is -2.66. The van der Waals surface area contributed by atoms with Crippen molar-refractivity contribution < 1.29 is 23.8 Å². The number of fused-ring (bicyclic) bond motifs is 3. The third-order valence-electron chi connectivity index (χ3n) is 5.86. The van der Waals surface area contributed by atoms with Gasteiger partial charge < -0.3 is 29.3 Å². The smallest absolute Gasteiger partial charge is 0.410 e. The van der Waals surface area contributed by atoms with Crippen LogP contribution in [0.4, 0.5) is 9.59 Å². The zero-order valence-corrected chi connectivity index (χ0v) is 17.9. The summed E-state index contributed by atoms with van der Waals surface area (Å²) in [4.78, 5) is 29.1. The summed E-state index contributed by atoms with van der Waals surface area (Å²) in [5.74, 6) is 0.0216. The molecule has 3 aliphatic rings. The highest BCUT2D eigenvalue weighted by Gasteiger charge is 2.52. The average molecular weight is 418 g/mol. The number of hydrogen-bond acceptors (Lipinski definition) is 6. The second kappa shape index (κ2) is 8.43. The molecule has 2 amide bonds. The highest BCUT2D eigenvalue weighted by Crippen LogP contribution is 2.35. The zero-order valence-electron chi connectivity index (χ0n) is 17.9. The van der Waals surface area contributed by atoms with Gasteiger partial charge in [-0.2, -0.15) is 0 Å². The van der Waals surface area contributed by atoms with Crippen molar-refractivity contribution in [2.45, 2.75) is 51.2 Å². The number of morpholine rings is 1. The number of amides is 2. The predicted molar refractivity (Wildman–Crippen MR) is 110 cm³/mol. The van der Waals surface area contributed by atoms with Crippen LogP contribution in [0.3, 0.4) is 0 Å². The minimum absolute atomic E-state index is 0.0216. The number of hydrogen-bond donors (Lipinski definition) is 1. The SMILES string of the molecule is CC(C)(C)OC(=O)N1C[C@@H]2[C@H]3OCCN[C@@H]3CN(C(=O)OCc3ccccc3)[C@@H]2C1. The van der Waals surface area contributed by atoms with E-state index in [4.69, 9.17) is 14.2 Å². The van der Waals surface area contributed by atoms with Gasteiger partial charge in [0.15, 0.2) is 0 Å². The Hall–Kier alpha value is -2.32. The number of carbonyl (C=O) groups is 2. The molecule has 0 unspecified atom stereocenters. The lowest BCUT2D eigenvalue weighted by Gasteiger charge is -2.47. The van der Waals surface area contributed by atoms with Crippen molar-refractivity contribution in [1.29, 1.82) is 0 Å².